The standard InChI is InChI=1S/C27H37N5O9.C5H10O.C4H11N.CH3NO/c1-17(2)25(27(40)28-14-21(34)29-19-9-7-18(8-10-19)16-41-4)31-26(39)20(11-12-24(37)38)30-22(35)15-32(3)23(36)6-5-13-33;1-5(2,3)4-6;1-3-4-5-2;2-1-3/h5-10,13,17,20,25H,11-12,14-16H2,1-4H3,(H,28,40)(H,29,34)(H,30,35)(H,31,39)(H,37,38);4H,1-3H3;5H,3-4H2,1-2H3;1H,(H2,2,3)/b6-5-;;;. The third kappa shape index (κ3) is 30.7. The highest BCUT2D eigenvalue weighted by atomic mass is 16.5. The number of nitrogens with one attached hydrogen (secondary N) is 5. The summed E-state index contributed by atoms with van der Waals surface area (Å²) < 4.78 is 5.04. The Hall–Kier alpha value is -5.49. The SMILES string of the molecule is CC(C)(C)C=O.CCCNC.COCc1ccc(NC(=O)CNC(=O)C(NC(=O)C(CCC(=O)O)NC(=O)CN(C)C(=O)/C=C\C=O)C(C)C)cc1.NC=O. The molecule has 0 aliphatic carbocycles. The van der Waals surface area contributed by atoms with Gasteiger partial charge in [-0.05, 0) is 56.1 Å². The number of nitrogens with two attached hydrogens (primary N) is 1. The highest BCUT2D eigenvalue weighted by molar-refractivity contribution is 5.97. The minimum Gasteiger partial charge on any atom is -0.481 e. The maximum Gasteiger partial charge on any atom is 0.303 e. The van der Waals surface area contributed by atoms with Crippen LogP contribution in [0.3, 0.4) is 0 Å². The number of nitrogens with zero attached hydrogens (tertiary/aromatic N) is 1. The Morgan fingerprint density at radius 2 is 1.53 bits per heavy atom. The van der Waals surface area contributed by atoms with E-state index in [0.29, 0.717) is 18.6 Å². The largest absolute Gasteiger partial charge is 0.481 e. The monoisotopic (exact) mass is 779 g/mol. The summed E-state index contributed by atoms with van der Waals surface area (Å²) >= 11 is 0. The normalized spacial score (nSPS) is 11.3. The van der Waals surface area contributed by atoms with Gasteiger partial charge in [0.15, 0.2) is 0 Å². The predicted octanol–water partition coefficient (Wildman–Crippen LogP) is 0.540. The van der Waals surface area contributed by atoms with Gasteiger partial charge < -0.3 is 51.9 Å². The maximum atomic E-state index is 13.0. The van der Waals surface area contributed by atoms with Crippen molar-refractivity contribution < 1.29 is 53.0 Å². The van der Waals surface area contributed by atoms with Gasteiger partial charge in [-0.3, -0.25) is 38.4 Å². The van der Waals surface area contributed by atoms with E-state index >= 15 is 0 Å². The van der Waals surface area contributed by atoms with Gasteiger partial charge in [0.2, 0.25) is 35.9 Å². The molecule has 18 nitrogen and oxygen atoms in total. The minimum atomic E-state index is -1.33. The van der Waals surface area contributed by atoms with Gasteiger partial charge in [0, 0.05) is 37.8 Å². The molecule has 0 radical (unpaired) electrons. The van der Waals surface area contributed by atoms with Crippen LogP contribution in [0.5, 0.6) is 0 Å². The quantitative estimate of drug-likeness (QED) is 0.0749. The van der Waals surface area contributed by atoms with Crippen LogP contribution in [0.1, 0.15) is 66.4 Å². The number of methoxy groups -OCH3 is 1. The van der Waals surface area contributed by atoms with Gasteiger partial charge in [0.25, 0.3) is 0 Å². The Kier molecular flexibility index (Phi) is 31.3. The van der Waals surface area contributed by atoms with Crippen molar-refractivity contribution in [3.63, 3.8) is 0 Å². The number of benzene rings is 1. The molecule has 55 heavy (non-hydrogen) atoms. The van der Waals surface area contributed by atoms with Crippen LogP contribution in [0.25, 0.3) is 0 Å². The number of hydrogen-bond donors (Lipinski definition) is 7. The summed E-state index contributed by atoms with van der Waals surface area (Å²) in [5.74, 6) is -5.01. The predicted molar refractivity (Wildman–Crippen MR) is 207 cm³/mol. The first-order chi connectivity index (χ1) is 25.8. The number of amides is 6. The van der Waals surface area contributed by atoms with Gasteiger partial charge in [-0.25, -0.2) is 0 Å². The summed E-state index contributed by atoms with van der Waals surface area (Å²) in [5, 5.41) is 22.1. The molecule has 0 aliphatic rings. The van der Waals surface area contributed by atoms with Gasteiger partial charge in [-0.1, -0.05) is 53.7 Å². The van der Waals surface area contributed by atoms with Crippen LogP contribution >= 0.6 is 0 Å². The molecule has 1 aromatic rings. The van der Waals surface area contributed by atoms with Crippen molar-refractivity contribution >= 4 is 60.2 Å². The molecule has 0 spiro atoms. The smallest absolute Gasteiger partial charge is 0.303 e. The average molecular weight is 780 g/mol. The average Bonchev–Trinajstić information content (AvgIpc) is 3.11. The Morgan fingerprint density at radius 3 is 1.95 bits per heavy atom. The number of carbonyl (C=O) groups excluding carboxylic acids is 8. The molecule has 1 rings (SSSR count). The summed E-state index contributed by atoms with van der Waals surface area (Å²) in [6.07, 6.45) is 3.99. The number of allylic oxidation sites excluding steroid dienone is 1. The van der Waals surface area contributed by atoms with E-state index in [4.69, 9.17) is 14.6 Å². The number of aldehydes is 2. The second-order valence-electron chi connectivity index (χ2n) is 13.1. The lowest BCUT2D eigenvalue weighted by Crippen LogP contribution is -2.56. The van der Waals surface area contributed by atoms with Crippen LogP contribution in [0.4, 0.5) is 5.69 Å². The Labute approximate surface area is 323 Å². The summed E-state index contributed by atoms with van der Waals surface area (Å²) in [5.41, 5.74) is 5.46. The zero-order valence-electron chi connectivity index (χ0n) is 33.4. The fourth-order valence-corrected chi connectivity index (χ4v) is 3.69. The fourth-order valence-electron chi connectivity index (χ4n) is 3.69. The van der Waals surface area contributed by atoms with Crippen LogP contribution in [-0.2, 0) is 54.5 Å². The van der Waals surface area contributed by atoms with Crippen LogP contribution in [0, 0.1) is 11.3 Å². The lowest BCUT2D eigenvalue weighted by atomic mass is 10.0. The van der Waals surface area contributed by atoms with Gasteiger partial charge in [-0.15, -0.1) is 0 Å². The van der Waals surface area contributed by atoms with E-state index in [1.54, 1.807) is 45.2 Å². The van der Waals surface area contributed by atoms with Crippen molar-refractivity contribution in [1.82, 2.24) is 26.2 Å². The number of aliphatic carboxylic acids is 1. The molecule has 310 valence electrons. The molecule has 0 fully saturated rings. The van der Waals surface area contributed by atoms with E-state index in [-0.39, 0.29) is 24.8 Å². The third-order valence-electron chi connectivity index (χ3n) is 6.45. The molecular weight excluding hydrogens is 718 g/mol. The van der Waals surface area contributed by atoms with Crippen LogP contribution < -0.4 is 32.3 Å². The molecule has 8 N–H and O–H groups in total. The van der Waals surface area contributed by atoms with Crippen molar-refractivity contribution in [2.45, 2.75) is 79.5 Å². The third-order valence-corrected chi connectivity index (χ3v) is 6.45. The van der Waals surface area contributed by atoms with E-state index in [1.165, 1.54) is 13.5 Å². The minimum absolute atomic E-state index is 0.139. The molecule has 0 aromatic heterocycles. The van der Waals surface area contributed by atoms with Crippen molar-refractivity contribution in [2.75, 3.05) is 46.2 Å². The lowest BCUT2D eigenvalue weighted by Gasteiger charge is -2.25. The number of carbonyl (C=O) groups is 9. The summed E-state index contributed by atoms with van der Waals surface area (Å²) in [4.78, 5) is 103. The van der Waals surface area contributed by atoms with E-state index < -0.39 is 66.5 Å². The zero-order chi connectivity index (χ0) is 43.0. The molecule has 0 aliphatic heterocycles. The van der Waals surface area contributed by atoms with Crippen molar-refractivity contribution in [2.24, 2.45) is 17.1 Å². The van der Waals surface area contributed by atoms with Crippen molar-refractivity contribution in [1.29, 1.82) is 0 Å². The van der Waals surface area contributed by atoms with Crippen molar-refractivity contribution in [3.05, 3.63) is 42.0 Å². The second kappa shape index (κ2) is 32.0. The Balaban J connectivity index is -0.00000164. The van der Waals surface area contributed by atoms with Gasteiger partial charge in [-0.2, -0.15) is 0 Å². The van der Waals surface area contributed by atoms with Crippen molar-refractivity contribution in [3.8, 4) is 0 Å². The van der Waals surface area contributed by atoms with Crippen LogP contribution in [0.2, 0.25) is 0 Å². The number of rotatable bonds is 19. The van der Waals surface area contributed by atoms with E-state index in [1.807, 2.05) is 27.8 Å². The van der Waals surface area contributed by atoms with E-state index in [0.717, 1.165) is 35.4 Å². The Bertz CT molecular complexity index is 1360. The number of primary amides is 1. The topological polar surface area (TPSA) is 272 Å². The first kappa shape index (κ1) is 53.9. The number of ether oxygens (including phenoxy) is 1. The summed E-state index contributed by atoms with van der Waals surface area (Å²) in [7, 11) is 4.83. The maximum absolute atomic E-state index is 13.0. The molecular formula is C37H61N7O11. The highest BCUT2D eigenvalue weighted by Crippen LogP contribution is 2.10. The number of hydrogen-bond acceptors (Lipinski definition) is 11. The number of carboxylic acids is 1. The van der Waals surface area contributed by atoms with E-state index in [9.17, 15) is 38.4 Å². The number of anilines is 1. The molecule has 0 saturated heterocycles. The van der Waals surface area contributed by atoms with Crippen LogP contribution in [0.15, 0.2) is 36.4 Å². The lowest BCUT2D eigenvalue weighted by molar-refractivity contribution is -0.138. The molecule has 0 saturated carbocycles. The Morgan fingerprint density at radius 1 is 0.964 bits per heavy atom. The highest BCUT2D eigenvalue weighted by Gasteiger charge is 2.29. The molecule has 1 aromatic carbocycles. The molecule has 6 amide bonds. The number of carboxylic acid groups (broad SMARTS) is 1. The summed E-state index contributed by atoms with van der Waals surface area (Å²) in [6, 6.07) is 4.50. The van der Waals surface area contributed by atoms with E-state index in [2.05, 4.69) is 39.2 Å². The fraction of sp³-hybridized carbons (Fsp3) is 0.541. The van der Waals surface area contributed by atoms with Crippen LogP contribution in [-0.4, -0.2) is 117 Å². The molecule has 0 heterocycles. The first-order valence-electron chi connectivity index (χ1n) is 17.4. The molecule has 2 atom stereocenters. The van der Waals surface area contributed by atoms with Gasteiger partial charge >= 0.3 is 5.97 Å². The van der Waals surface area contributed by atoms with Gasteiger partial charge in [0.1, 0.15) is 24.7 Å². The summed E-state index contributed by atoms with van der Waals surface area (Å²) in [6.45, 7) is 11.8. The van der Waals surface area contributed by atoms with Gasteiger partial charge in [0.05, 0.1) is 19.7 Å². The molecule has 2 unspecified atom stereocenters. The second-order valence-corrected chi connectivity index (χ2v) is 13.1. The molecule has 0 bridgehead atoms. The zero-order valence-corrected chi connectivity index (χ0v) is 33.4. The first-order valence-corrected chi connectivity index (χ1v) is 17.4. The number of likely N-dealkylation sites (N-methyl/N-ethyl adjacent to an activating group) is 1. The molecule has 18 heteroatoms.